The molecule has 1 aromatic carbocycles. The highest BCUT2D eigenvalue weighted by atomic mass is 32.2. The lowest BCUT2D eigenvalue weighted by atomic mass is 9.66. The molecule has 6 rings (SSSR count). The van der Waals surface area contributed by atoms with Gasteiger partial charge in [0.25, 0.3) is 0 Å². The molecule has 8 nitrogen and oxygen atoms in total. The second kappa shape index (κ2) is 7.95. The molecule has 3 heterocycles. The van der Waals surface area contributed by atoms with E-state index in [0.29, 0.717) is 11.4 Å². The van der Waals surface area contributed by atoms with Gasteiger partial charge in [-0.3, -0.25) is 4.98 Å². The van der Waals surface area contributed by atoms with E-state index in [-0.39, 0.29) is 39.9 Å². The van der Waals surface area contributed by atoms with E-state index < -0.39 is 26.9 Å². The summed E-state index contributed by atoms with van der Waals surface area (Å²) in [5.41, 5.74) is 1.96. The number of aromatic nitrogens is 5. The van der Waals surface area contributed by atoms with Crippen LogP contribution in [-0.4, -0.2) is 39.8 Å². The predicted molar refractivity (Wildman–Crippen MR) is 130 cm³/mol. The van der Waals surface area contributed by atoms with Crippen LogP contribution in [0.4, 0.5) is 8.78 Å². The molecule has 0 spiro atoms. The van der Waals surface area contributed by atoms with E-state index in [9.17, 15) is 17.2 Å². The summed E-state index contributed by atoms with van der Waals surface area (Å²) in [5, 5.41) is 8.78. The Morgan fingerprint density at radius 3 is 2.57 bits per heavy atom. The number of hydrogen-bond donors (Lipinski definition) is 0. The number of halogens is 2. The number of oxazole rings is 1. The fourth-order valence-corrected chi connectivity index (χ4v) is 6.86. The molecule has 0 aliphatic heterocycles. The second-order valence-corrected chi connectivity index (χ2v) is 12.5. The summed E-state index contributed by atoms with van der Waals surface area (Å²) >= 11 is 0. The van der Waals surface area contributed by atoms with Gasteiger partial charge in [-0.1, -0.05) is 19.9 Å². The Hall–Kier alpha value is -3.60. The lowest BCUT2D eigenvalue weighted by molar-refractivity contribution is 0.242. The van der Waals surface area contributed by atoms with Crippen molar-refractivity contribution in [2.75, 3.05) is 6.26 Å². The number of rotatable bonds is 5. The molecular weight excluding hydrogens is 500 g/mol. The monoisotopic (exact) mass is 523 g/mol. The zero-order chi connectivity index (χ0) is 26.2. The third-order valence-electron chi connectivity index (χ3n) is 7.85. The Morgan fingerprint density at radius 1 is 1.08 bits per heavy atom. The van der Waals surface area contributed by atoms with Gasteiger partial charge >= 0.3 is 0 Å². The summed E-state index contributed by atoms with van der Waals surface area (Å²) in [6.07, 6.45) is 7.23. The molecule has 2 aliphatic carbocycles. The van der Waals surface area contributed by atoms with Crippen LogP contribution in [0.25, 0.3) is 22.8 Å². The highest BCUT2D eigenvalue weighted by Gasteiger charge is 2.65. The third kappa shape index (κ3) is 3.51. The lowest BCUT2D eigenvalue weighted by Crippen LogP contribution is -2.38. The van der Waals surface area contributed by atoms with Gasteiger partial charge < -0.3 is 4.42 Å². The molecule has 4 aromatic rings. The van der Waals surface area contributed by atoms with Crippen LogP contribution in [0.3, 0.4) is 0 Å². The number of benzene rings is 1. The fourth-order valence-electron chi connectivity index (χ4n) is 6.19. The molecule has 3 aromatic heterocycles. The molecule has 0 N–H and O–H groups in total. The van der Waals surface area contributed by atoms with E-state index in [4.69, 9.17) is 9.40 Å². The third-order valence-corrected chi connectivity index (χ3v) is 8.67. The summed E-state index contributed by atoms with van der Waals surface area (Å²) in [4.78, 5) is 13.5. The zero-order valence-electron chi connectivity index (χ0n) is 20.4. The quantitative estimate of drug-likeness (QED) is 0.373. The summed E-state index contributed by atoms with van der Waals surface area (Å²) in [7, 11) is -3.27. The lowest BCUT2D eigenvalue weighted by Gasteiger charge is -2.37. The van der Waals surface area contributed by atoms with E-state index in [1.807, 2.05) is 0 Å². The molecule has 190 valence electrons. The standard InChI is InChI=1S/C26H23F2N5O3S/c1-25(2)16-7-8-26(25,23-15(16)9-19(32-33-23)22-17(27)5-4-6-18(22)28)21-11-29-10-20(31-21)24-30-14(12-36-24)13-37(3,34)35/h4-6,9-12,16H,7-8,13H2,1-3H3/t16-,26-/m0/s1. The minimum atomic E-state index is -3.27. The van der Waals surface area contributed by atoms with Crippen LogP contribution in [-0.2, 0) is 21.0 Å². The maximum absolute atomic E-state index is 14.5. The summed E-state index contributed by atoms with van der Waals surface area (Å²) in [6.45, 7) is 4.28. The fraction of sp³-hybridized carbons (Fsp3) is 0.346. The van der Waals surface area contributed by atoms with Crippen molar-refractivity contribution in [3.05, 3.63) is 77.2 Å². The molecule has 37 heavy (non-hydrogen) atoms. The van der Waals surface area contributed by atoms with Crippen molar-refractivity contribution in [3.63, 3.8) is 0 Å². The first-order valence-corrected chi connectivity index (χ1v) is 13.8. The SMILES string of the molecule is CC1(C)[C@H]2CC[C@]1(c1cncc(-c3nc(CS(C)(=O)=O)co3)n1)c1nnc(-c3c(F)cccc3F)cc12. The second-order valence-electron chi connectivity index (χ2n) is 10.4. The van der Waals surface area contributed by atoms with Crippen molar-refractivity contribution in [3.8, 4) is 22.8 Å². The van der Waals surface area contributed by atoms with E-state index >= 15 is 0 Å². The molecule has 2 atom stereocenters. The first kappa shape index (κ1) is 23.8. The van der Waals surface area contributed by atoms with Gasteiger partial charge in [-0.05, 0) is 47.9 Å². The van der Waals surface area contributed by atoms with Crippen molar-refractivity contribution < 1.29 is 21.6 Å². The van der Waals surface area contributed by atoms with Crippen molar-refractivity contribution in [2.24, 2.45) is 5.41 Å². The number of nitrogens with zero attached hydrogens (tertiary/aromatic N) is 5. The average Bonchev–Trinajstić information content (AvgIpc) is 3.45. The van der Waals surface area contributed by atoms with Gasteiger partial charge in [0.15, 0.2) is 9.84 Å². The molecular formula is C26H23F2N5O3S. The Balaban J connectivity index is 1.45. The Labute approximate surface area is 212 Å². The van der Waals surface area contributed by atoms with Gasteiger partial charge in [0.1, 0.15) is 23.6 Å². The van der Waals surface area contributed by atoms with Crippen LogP contribution in [0.2, 0.25) is 0 Å². The van der Waals surface area contributed by atoms with E-state index in [1.54, 1.807) is 12.3 Å². The first-order valence-electron chi connectivity index (χ1n) is 11.8. The molecule has 0 amide bonds. The molecule has 1 saturated carbocycles. The van der Waals surface area contributed by atoms with Crippen LogP contribution in [0.15, 0.2) is 47.3 Å². The van der Waals surface area contributed by atoms with Crippen molar-refractivity contribution in [2.45, 2.75) is 43.8 Å². The summed E-state index contributed by atoms with van der Waals surface area (Å²) < 4.78 is 57.8. The minimum absolute atomic E-state index is 0.0835. The van der Waals surface area contributed by atoms with Crippen molar-refractivity contribution in [1.29, 1.82) is 0 Å². The average molecular weight is 524 g/mol. The Bertz CT molecular complexity index is 1650. The molecule has 2 bridgehead atoms. The van der Waals surface area contributed by atoms with Crippen molar-refractivity contribution in [1.82, 2.24) is 25.1 Å². The van der Waals surface area contributed by atoms with Crippen LogP contribution >= 0.6 is 0 Å². The largest absolute Gasteiger partial charge is 0.443 e. The Morgan fingerprint density at radius 2 is 1.84 bits per heavy atom. The first-order chi connectivity index (χ1) is 17.5. The van der Waals surface area contributed by atoms with Crippen LogP contribution in [0.1, 0.15) is 55.3 Å². The van der Waals surface area contributed by atoms with Gasteiger partial charge in [0, 0.05) is 12.5 Å². The topological polar surface area (TPSA) is 112 Å². The smallest absolute Gasteiger partial charge is 0.246 e. The summed E-state index contributed by atoms with van der Waals surface area (Å²) in [5.74, 6) is -1.36. The highest BCUT2D eigenvalue weighted by molar-refractivity contribution is 7.89. The number of hydrogen-bond acceptors (Lipinski definition) is 8. The van der Waals surface area contributed by atoms with Crippen molar-refractivity contribution >= 4 is 9.84 Å². The highest BCUT2D eigenvalue weighted by Crippen LogP contribution is 2.69. The molecule has 0 saturated heterocycles. The number of sulfone groups is 1. The maximum Gasteiger partial charge on any atom is 0.246 e. The zero-order valence-corrected chi connectivity index (χ0v) is 21.2. The van der Waals surface area contributed by atoms with Crippen LogP contribution < -0.4 is 0 Å². The molecule has 1 fully saturated rings. The normalized spacial score (nSPS) is 21.8. The molecule has 0 radical (unpaired) electrons. The Kier molecular flexibility index (Phi) is 5.11. The predicted octanol–water partition coefficient (Wildman–Crippen LogP) is 4.61. The molecule has 11 heteroatoms. The van der Waals surface area contributed by atoms with Gasteiger partial charge in [0.2, 0.25) is 5.89 Å². The van der Waals surface area contributed by atoms with E-state index in [0.717, 1.165) is 30.4 Å². The molecule has 2 aliphatic rings. The summed E-state index contributed by atoms with van der Waals surface area (Å²) in [6, 6.07) is 5.48. The van der Waals surface area contributed by atoms with Gasteiger partial charge in [-0.15, -0.1) is 5.10 Å². The van der Waals surface area contributed by atoms with Gasteiger partial charge in [0.05, 0.1) is 45.7 Å². The van der Waals surface area contributed by atoms with Gasteiger partial charge in [-0.2, -0.15) is 5.10 Å². The number of fused-ring (bicyclic) bond motifs is 5. The maximum atomic E-state index is 14.5. The van der Waals surface area contributed by atoms with Crippen LogP contribution in [0.5, 0.6) is 0 Å². The van der Waals surface area contributed by atoms with E-state index in [2.05, 4.69) is 34.0 Å². The van der Waals surface area contributed by atoms with Gasteiger partial charge in [-0.25, -0.2) is 27.2 Å². The molecule has 0 unspecified atom stereocenters. The minimum Gasteiger partial charge on any atom is -0.443 e. The van der Waals surface area contributed by atoms with Crippen LogP contribution in [0, 0.1) is 17.0 Å². The van der Waals surface area contributed by atoms with E-state index in [1.165, 1.54) is 30.7 Å².